The van der Waals surface area contributed by atoms with Crippen molar-refractivity contribution in [1.82, 2.24) is 4.90 Å². The van der Waals surface area contributed by atoms with Crippen LogP contribution in [0.5, 0.6) is 0 Å². The van der Waals surface area contributed by atoms with Gasteiger partial charge in [0.05, 0.1) is 16.5 Å². The van der Waals surface area contributed by atoms with Crippen molar-refractivity contribution in [2.75, 3.05) is 24.6 Å². The molecule has 0 aromatic heterocycles. The Bertz CT molecular complexity index is 313. The van der Waals surface area contributed by atoms with Crippen molar-refractivity contribution in [1.29, 1.82) is 0 Å². The number of sulfone groups is 1. The highest BCUT2D eigenvalue weighted by molar-refractivity contribution is 7.91. The molecule has 1 aliphatic rings. The second-order valence-corrected chi connectivity index (χ2v) is 6.47. The quantitative estimate of drug-likeness (QED) is 0.687. The molecule has 2 N–H and O–H groups in total. The SMILES string of the molecule is CC1CS(=O)(=O)CCN1CCC(N)=S. The fourth-order valence-corrected chi connectivity index (χ4v) is 3.34. The van der Waals surface area contributed by atoms with Gasteiger partial charge in [0.2, 0.25) is 0 Å². The van der Waals surface area contributed by atoms with Gasteiger partial charge < -0.3 is 5.73 Å². The topological polar surface area (TPSA) is 63.4 Å². The van der Waals surface area contributed by atoms with Crippen molar-refractivity contribution in [2.24, 2.45) is 5.73 Å². The van der Waals surface area contributed by atoms with Crippen LogP contribution < -0.4 is 5.73 Å². The minimum absolute atomic E-state index is 0.0862. The predicted molar refractivity (Wildman–Crippen MR) is 61.1 cm³/mol. The Kier molecular flexibility index (Phi) is 3.86. The summed E-state index contributed by atoms with van der Waals surface area (Å²) in [5.74, 6) is 0.513. The smallest absolute Gasteiger partial charge is 0.153 e. The lowest BCUT2D eigenvalue weighted by molar-refractivity contribution is 0.233. The van der Waals surface area contributed by atoms with Crippen molar-refractivity contribution < 1.29 is 8.42 Å². The highest BCUT2D eigenvalue weighted by Gasteiger charge is 2.27. The number of hydrogen-bond donors (Lipinski definition) is 1. The van der Waals surface area contributed by atoms with Gasteiger partial charge in [-0.05, 0) is 6.92 Å². The van der Waals surface area contributed by atoms with Crippen LogP contribution in [-0.4, -0.2) is 48.9 Å². The van der Waals surface area contributed by atoms with E-state index in [1.54, 1.807) is 0 Å². The van der Waals surface area contributed by atoms with E-state index in [2.05, 4.69) is 4.90 Å². The molecular formula is C8H16N2O2S2. The molecule has 0 radical (unpaired) electrons. The summed E-state index contributed by atoms with van der Waals surface area (Å²) in [6.07, 6.45) is 0.666. The summed E-state index contributed by atoms with van der Waals surface area (Å²) in [7, 11) is -2.81. The van der Waals surface area contributed by atoms with Gasteiger partial charge in [0.15, 0.2) is 9.84 Å². The van der Waals surface area contributed by atoms with E-state index in [0.29, 0.717) is 18.0 Å². The average Bonchev–Trinajstić information content (AvgIpc) is 2.00. The summed E-state index contributed by atoms with van der Waals surface area (Å²) in [6.45, 7) is 3.30. The van der Waals surface area contributed by atoms with Gasteiger partial charge in [-0.15, -0.1) is 0 Å². The molecule has 0 amide bonds. The van der Waals surface area contributed by atoms with E-state index in [1.807, 2.05) is 6.92 Å². The van der Waals surface area contributed by atoms with Gasteiger partial charge in [-0.1, -0.05) is 12.2 Å². The molecule has 0 aromatic carbocycles. The molecule has 0 bridgehead atoms. The highest BCUT2D eigenvalue weighted by atomic mass is 32.2. The maximum atomic E-state index is 11.3. The molecule has 1 rings (SSSR count). The van der Waals surface area contributed by atoms with Gasteiger partial charge in [-0.25, -0.2) is 8.42 Å². The zero-order valence-electron chi connectivity index (χ0n) is 8.27. The van der Waals surface area contributed by atoms with Gasteiger partial charge in [0, 0.05) is 25.6 Å². The molecule has 4 nitrogen and oxygen atoms in total. The molecule has 1 aliphatic heterocycles. The molecule has 14 heavy (non-hydrogen) atoms. The second-order valence-electron chi connectivity index (χ2n) is 3.72. The maximum Gasteiger partial charge on any atom is 0.153 e. The zero-order chi connectivity index (χ0) is 10.8. The first-order valence-corrected chi connectivity index (χ1v) is 6.86. The Morgan fingerprint density at radius 3 is 2.79 bits per heavy atom. The Labute approximate surface area is 90.4 Å². The maximum absolute atomic E-state index is 11.3. The Morgan fingerprint density at radius 1 is 1.64 bits per heavy atom. The van der Waals surface area contributed by atoms with Gasteiger partial charge >= 0.3 is 0 Å². The van der Waals surface area contributed by atoms with Crippen molar-refractivity contribution in [3.63, 3.8) is 0 Å². The number of rotatable bonds is 3. The van der Waals surface area contributed by atoms with E-state index in [1.165, 1.54) is 0 Å². The van der Waals surface area contributed by atoms with Crippen LogP contribution >= 0.6 is 12.2 Å². The Hall–Kier alpha value is -0.200. The summed E-state index contributed by atoms with van der Waals surface area (Å²) in [5.41, 5.74) is 5.39. The third-order valence-electron chi connectivity index (χ3n) is 2.45. The van der Waals surface area contributed by atoms with Crippen LogP contribution in [0.25, 0.3) is 0 Å². The van der Waals surface area contributed by atoms with Crippen molar-refractivity contribution in [2.45, 2.75) is 19.4 Å². The first-order valence-electron chi connectivity index (χ1n) is 4.63. The van der Waals surface area contributed by atoms with Crippen LogP contribution in [0.3, 0.4) is 0 Å². The van der Waals surface area contributed by atoms with Gasteiger partial charge in [0.25, 0.3) is 0 Å². The lowest BCUT2D eigenvalue weighted by atomic mass is 10.3. The summed E-state index contributed by atoms with van der Waals surface area (Å²) < 4.78 is 22.5. The van der Waals surface area contributed by atoms with Crippen molar-refractivity contribution >= 4 is 27.0 Å². The molecule has 82 valence electrons. The summed E-state index contributed by atoms with van der Waals surface area (Å²) in [5, 5.41) is 0. The lowest BCUT2D eigenvalue weighted by Gasteiger charge is -2.32. The number of hydrogen-bond acceptors (Lipinski definition) is 4. The van der Waals surface area contributed by atoms with Gasteiger partial charge in [0.1, 0.15) is 0 Å². The normalized spacial score (nSPS) is 27.4. The summed E-state index contributed by atoms with van der Waals surface area (Å²) in [4.78, 5) is 2.62. The summed E-state index contributed by atoms with van der Waals surface area (Å²) in [6, 6.07) is 0.0862. The van der Waals surface area contributed by atoms with E-state index in [0.717, 1.165) is 6.54 Å². The van der Waals surface area contributed by atoms with Crippen LogP contribution in [0.1, 0.15) is 13.3 Å². The predicted octanol–water partition coefficient (Wildman–Crippen LogP) is -0.218. The number of nitrogens with two attached hydrogens (primary N) is 1. The molecule has 6 heteroatoms. The third kappa shape index (κ3) is 3.51. The molecule has 0 spiro atoms. The zero-order valence-corrected chi connectivity index (χ0v) is 9.90. The van der Waals surface area contributed by atoms with E-state index in [9.17, 15) is 8.42 Å². The van der Waals surface area contributed by atoms with E-state index >= 15 is 0 Å². The van der Waals surface area contributed by atoms with Crippen LogP contribution in [0.2, 0.25) is 0 Å². The van der Waals surface area contributed by atoms with Crippen LogP contribution in [0, 0.1) is 0 Å². The van der Waals surface area contributed by atoms with Crippen molar-refractivity contribution in [3.8, 4) is 0 Å². The first-order chi connectivity index (χ1) is 6.41. The standard InChI is InChI=1S/C8H16N2O2S2/c1-7-6-14(11,12)5-4-10(7)3-2-8(9)13/h7H,2-6H2,1H3,(H2,9,13). The number of nitrogens with zero attached hydrogens (tertiary/aromatic N) is 1. The van der Waals surface area contributed by atoms with Crippen LogP contribution in [-0.2, 0) is 9.84 Å². The monoisotopic (exact) mass is 236 g/mol. The van der Waals surface area contributed by atoms with E-state index in [4.69, 9.17) is 18.0 Å². The fourth-order valence-electron chi connectivity index (χ4n) is 1.62. The largest absolute Gasteiger partial charge is 0.393 e. The summed E-state index contributed by atoms with van der Waals surface area (Å²) >= 11 is 4.78. The van der Waals surface area contributed by atoms with Crippen molar-refractivity contribution in [3.05, 3.63) is 0 Å². The Balaban J connectivity index is 2.46. The van der Waals surface area contributed by atoms with E-state index in [-0.39, 0.29) is 17.5 Å². The average molecular weight is 236 g/mol. The molecule has 0 aromatic rings. The van der Waals surface area contributed by atoms with E-state index < -0.39 is 9.84 Å². The van der Waals surface area contributed by atoms with Crippen LogP contribution in [0.15, 0.2) is 0 Å². The molecule has 1 unspecified atom stereocenters. The minimum Gasteiger partial charge on any atom is -0.393 e. The second kappa shape index (κ2) is 4.55. The fraction of sp³-hybridized carbons (Fsp3) is 0.875. The number of thiocarbonyl (C=S) groups is 1. The molecule has 0 aliphatic carbocycles. The molecule has 1 heterocycles. The molecule has 1 saturated heterocycles. The lowest BCUT2D eigenvalue weighted by Crippen LogP contribution is -2.47. The third-order valence-corrected chi connectivity index (χ3v) is 4.45. The highest BCUT2D eigenvalue weighted by Crippen LogP contribution is 2.11. The van der Waals surface area contributed by atoms with Gasteiger partial charge in [-0.3, -0.25) is 4.90 Å². The minimum atomic E-state index is -2.81. The van der Waals surface area contributed by atoms with Gasteiger partial charge in [-0.2, -0.15) is 0 Å². The first kappa shape index (κ1) is 11.9. The molecule has 1 atom stereocenters. The Morgan fingerprint density at radius 2 is 2.29 bits per heavy atom. The molecule has 0 saturated carbocycles. The molecule has 1 fully saturated rings. The molecular weight excluding hydrogens is 220 g/mol. The van der Waals surface area contributed by atoms with Crippen LogP contribution in [0.4, 0.5) is 0 Å².